The number of fused-ring (bicyclic) bond motifs is 1. The summed E-state index contributed by atoms with van der Waals surface area (Å²) in [6.07, 6.45) is 2.18. The van der Waals surface area contributed by atoms with E-state index in [1.165, 1.54) is 21.9 Å². The highest BCUT2D eigenvalue weighted by Gasteiger charge is 2.44. The van der Waals surface area contributed by atoms with Crippen molar-refractivity contribution in [2.45, 2.75) is 38.3 Å². The van der Waals surface area contributed by atoms with Crippen molar-refractivity contribution >= 4 is 22.3 Å². The monoisotopic (exact) mass is 294 g/mol. The van der Waals surface area contributed by atoms with Crippen molar-refractivity contribution < 1.29 is 9.90 Å². The molecule has 2 aromatic heterocycles. The molecule has 7 nitrogen and oxygen atoms in total. The van der Waals surface area contributed by atoms with E-state index in [-0.39, 0.29) is 5.56 Å². The molecule has 0 unspecified atom stereocenters. The molecule has 3 rings (SSSR count). The topological polar surface area (TPSA) is 96.6 Å². The molecule has 0 bridgehead atoms. The van der Waals surface area contributed by atoms with Crippen LogP contribution in [0.5, 0.6) is 0 Å². The van der Waals surface area contributed by atoms with Crippen molar-refractivity contribution in [3.05, 3.63) is 27.1 Å². The molecule has 2 heterocycles. The third-order valence-corrected chi connectivity index (χ3v) is 4.52. The number of aromatic nitrogens is 3. The molecular formula is C12H14N4O3S. The highest BCUT2D eigenvalue weighted by molar-refractivity contribution is 7.16. The molecule has 0 saturated heterocycles. The summed E-state index contributed by atoms with van der Waals surface area (Å²) in [5.41, 5.74) is -0.391. The molecule has 106 valence electrons. The van der Waals surface area contributed by atoms with Crippen molar-refractivity contribution in [1.29, 1.82) is 0 Å². The van der Waals surface area contributed by atoms with Crippen LogP contribution in [0.2, 0.25) is 0 Å². The van der Waals surface area contributed by atoms with E-state index in [4.69, 9.17) is 0 Å². The first-order valence-electron chi connectivity index (χ1n) is 6.35. The van der Waals surface area contributed by atoms with Gasteiger partial charge in [0.15, 0.2) is 0 Å². The predicted molar refractivity (Wildman–Crippen MR) is 72.9 cm³/mol. The predicted octanol–water partition coefficient (Wildman–Crippen LogP) is 0.556. The van der Waals surface area contributed by atoms with Gasteiger partial charge in [-0.15, -0.1) is 0 Å². The van der Waals surface area contributed by atoms with Crippen molar-refractivity contribution in [3.63, 3.8) is 0 Å². The summed E-state index contributed by atoms with van der Waals surface area (Å²) in [4.78, 5) is 27.8. The Hall–Kier alpha value is -1.80. The lowest BCUT2D eigenvalue weighted by molar-refractivity contribution is -0.148. The van der Waals surface area contributed by atoms with Crippen LogP contribution in [0.25, 0.3) is 4.96 Å². The maximum absolute atomic E-state index is 11.7. The molecule has 0 aliphatic heterocycles. The molecular weight excluding hydrogens is 280 g/mol. The number of hydrogen-bond acceptors (Lipinski definition) is 6. The van der Waals surface area contributed by atoms with E-state index in [1.807, 2.05) is 0 Å². The van der Waals surface area contributed by atoms with Crippen LogP contribution >= 0.6 is 11.3 Å². The Morgan fingerprint density at radius 1 is 1.60 bits per heavy atom. The van der Waals surface area contributed by atoms with Crippen LogP contribution in [0, 0.1) is 6.92 Å². The Kier molecular flexibility index (Phi) is 3.06. The minimum absolute atomic E-state index is 0.216. The van der Waals surface area contributed by atoms with Gasteiger partial charge in [-0.3, -0.25) is 14.9 Å². The fraction of sp³-hybridized carbons (Fsp3) is 0.500. The van der Waals surface area contributed by atoms with E-state index in [2.05, 4.69) is 15.4 Å². The van der Waals surface area contributed by atoms with Gasteiger partial charge in [-0.25, -0.2) is 4.98 Å². The number of carbonyl (C=O) groups is 1. The molecule has 1 aliphatic carbocycles. The van der Waals surface area contributed by atoms with Gasteiger partial charge < -0.3 is 5.11 Å². The van der Waals surface area contributed by atoms with Crippen LogP contribution in [-0.4, -0.2) is 31.2 Å². The molecule has 20 heavy (non-hydrogen) atoms. The maximum Gasteiger partial charge on any atom is 0.323 e. The second-order valence-electron chi connectivity index (χ2n) is 5.02. The molecule has 0 aromatic carbocycles. The third-order valence-electron chi connectivity index (χ3n) is 3.61. The Morgan fingerprint density at radius 2 is 2.35 bits per heavy atom. The van der Waals surface area contributed by atoms with Crippen LogP contribution in [0.15, 0.2) is 10.9 Å². The molecule has 1 fully saturated rings. The van der Waals surface area contributed by atoms with E-state index >= 15 is 0 Å². The van der Waals surface area contributed by atoms with Gasteiger partial charge in [-0.1, -0.05) is 11.3 Å². The van der Waals surface area contributed by atoms with Crippen LogP contribution in [0.1, 0.15) is 30.0 Å². The minimum atomic E-state index is -0.827. The lowest BCUT2D eigenvalue weighted by Crippen LogP contribution is -2.56. The Labute approximate surface area is 118 Å². The fourth-order valence-electron chi connectivity index (χ4n) is 2.27. The van der Waals surface area contributed by atoms with E-state index in [9.17, 15) is 14.7 Å². The molecule has 2 N–H and O–H groups in total. The first-order valence-corrected chi connectivity index (χ1v) is 7.17. The zero-order chi connectivity index (χ0) is 14.3. The standard InChI is InChI=1S/C12H14N4O3S/c1-7-5-9(17)16-11(14-7)20-8(15-16)6-13-12(10(18)19)3-2-4-12/h5,13H,2-4,6H2,1H3,(H,18,19). The molecule has 1 aliphatic rings. The summed E-state index contributed by atoms with van der Waals surface area (Å²) >= 11 is 1.30. The minimum Gasteiger partial charge on any atom is -0.480 e. The molecule has 0 spiro atoms. The number of aryl methyl sites for hydroxylation is 1. The summed E-state index contributed by atoms with van der Waals surface area (Å²) in [6, 6.07) is 1.43. The van der Waals surface area contributed by atoms with Gasteiger partial charge in [-0.05, 0) is 26.2 Å². The molecule has 1 saturated carbocycles. The Balaban J connectivity index is 1.83. The van der Waals surface area contributed by atoms with Crippen LogP contribution in [0.3, 0.4) is 0 Å². The van der Waals surface area contributed by atoms with E-state index < -0.39 is 11.5 Å². The summed E-state index contributed by atoms with van der Waals surface area (Å²) < 4.78 is 1.25. The highest BCUT2D eigenvalue weighted by Crippen LogP contribution is 2.32. The van der Waals surface area contributed by atoms with Crippen LogP contribution in [0.4, 0.5) is 0 Å². The number of carboxylic acids is 1. The smallest absolute Gasteiger partial charge is 0.323 e. The van der Waals surface area contributed by atoms with Gasteiger partial charge in [0, 0.05) is 11.8 Å². The van der Waals surface area contributed by atoms with E-state index in [0.29, 0.717) is 35.0 Å². The quantitative estimate of drug-likeness (QED) is 0.855. The summed E-state index contributed by atoms with van der Waals surface area (Å²) in [5, 5.41) is 17.1. The number of hydrogen-bond donors (Lipinski definition) is 2. The van der Waals surface area contributed by atoms with Crippen molar-refractivity contribution in [2.75, 3.05) is 0 Å². The zero-order valence-corrected chi connectivity index (χ0v) is 11.7. The summed E-state index contributed by atoms with van der Waals surface area (Å²) in [7, 11) is 0. The first kappa shape index (κ1) is 13.2. The number of rotatable bonds is 4. The Morgan fingerprint density at radius 3 is 2.95 bits per heavy atom. The SMILES string of the molecule is Cc1cc(=O)n2nc(CNC3(C(=O)O)CCC3)sc2n1. The number of nitrogens with zero attached hydrogens (tertiary/aromatic N) is 3. The largest absolute Gasteiger partial charge is 0.480 e. The number of aliphatic carboxylic acids is 1. The number of carboxylic acid groups (broad SMARTS) is 1. The van der Waals surface area contributed by atoms with Gasteiger partial charge in [0.2, 0.25) is 4.96 Å². The second-order valence-corrected chi connectivity index (χ2v) is 6.06. The fourth-order valence-corrected chi connectivity index (χ4v) is 3.16. The number of nitrogens with one attached hydrogen (secondary N) is 1. The molecule has 0 radical (unpaired) electrons. The van der Waals surface area contributed by atoms with Crippen LogP contribution < -0.4 is 10.9 Å². The van der Waals surface area contributed by atoms with Crippen LogP contribution in [-0.2, 0) is 11.3 Å². The van der Waals surface area contributed by atoms with Crippen molar-refractivity contribution in [1.82, 2.24) is 19.9 Å². The molecule has 0 atom stereocenters. The van der Waals surface area contributed by atoms with E-state index in [1.54, 1.807) is 6.92 Å². The lowest BCUT2D eigenvalue weighted by Gasteiger charge is -2.38. The van der Waals surface area contributed by atoms with Crippen molar-refractivity contribution in [2.24, 2.45) is 0 Å². The normalized spacial score (nSPS) is 17.1. The van der Waals surface area contributed by atoms with E-state index in [0.717, 1.165) is 6.42 Å². The summed E-state index contributed by atoms with van der Waals surface area (Å²) in [5.74, 6) is -0.823. The van der Waals surface area contributed by atoms with Gasteiger partial charge in [0.1, 0.15) is 10.5 Å². The van der Waals surface area contributed by atoms with Gasteiger partial charge >= 0.3 is 5.97 Å². The third kappa shape index (κ3) is 2.10. The van der Waals surface area contributed by atoms with Gasteiger partial charge in [0.05, 0.1) is 6.54 Å². The first-order chi connectivity index (χ1) is 9.50. The second kappa shape index (κ2) is 4.64. The average Bonchev–Trinajstić information content (AvgIpc) is 2.70. The van der Waals surface area contributed by atoms with Crippen molar-refractivity contribution in [3.8, 4) is 0 Å². The molecule has 8 heteroatoms. The lowest BCUT2D eigenvalue weighted by atomic mass is 9.77. The average molecular weight is 294 g/mol. The molecule has 0 amide bonds. The molecule has 2 aromatic rings. The highest BCUT2D eigenvalue weighted by atomic mass is 32.1. The van der Waals surface area contributed by atoms with Gasteiger partial charge in [0.25, 0.3) is 5.56 Å². The van der Waals surface area contributed by atoms with Gasteiger partial charge in [-0.2, -0.15) is 9.61 Å². The Bertz CT molecular complexity index is 732. The summed E-state index contributed by atoms with van der Waals surface area (Å²) in [6.45, 7) is 2.09. The maximum atomic E-state index is 11.7. The zero-order valence-electron chi connectivity index (χ0n) is 10.9.